The van der Waals surface area contributed by atoms with Crippen LogP contribution in [0, 0.1) is 0 Å². The zero-order chi connectivity index (χ0) is 25.1. The molecule has 0 bridgehead atoms. The Morgan fingerprint density at radius 1 is 1.26 bits per heavy atom. The molecule has 4 rings (SSSR count). The fraction of sp³-hybridized carbons (Fsp3) is 0.522. The number of ether oxygens (including phenoxy) is 2. The summed E-state index contributed by atoms with van der Waals surface area (Å²) in [5, 5.41) is 9.46. The second-order valence-electron chi connectivity index (χ2n) is 8.18. The molecule has 35 heavy (non-hydrogen) atoms. The van der Waals surface area contributed by atoms with Crippen molar-refractivity contribution in [3.8, 4) is 11.4 Å². The lowest BCUT2D eigenvalue weighted by atomic mass is 9.99. The summed E-state index contributed by atoms with van der Waals surface area (Å²) >= 11 is 0. The largest absolute Gasteiger partial charge is 0.449 e. The molecule has 0 spiro atoms. The fourth-order valence-electron chi connectivity index (χ4n) is 4.16. The number of hydrogen-bond acceptors (Lipinski definition) is 9. The predicted octanol–water partition coefficient (Wildman–Crippen LogP) is 3.18. The van der Waals surface area contributed by atoms with Crippen molar-refractivity contribution in [2.45, 2.75) is 45.3 Å². The van der Waals surface area contributed by atoms with Crippen LogP contribution in [0.3, 0.4) is 0 Å². The van der Waals surface area contributed by atoms with Gasteiger partial charge in [-0.25, -0.2) is 14.8 Å². The van der Waals surface area contributed by atoms with Crippen LogP contribution in [-0.2, 0) is 21.4 Å². The van der Waals surface area contributed by atoms with E-state index in [9.17, 15) is 9.59 Å². The Bertz CT molecular complexity index is 1210. The van der Waals surface area contributed by atoms with Crippen LogP contribution in [0.2, 0.25) is 0 Å². The number of aryl methyl sites for hydroxylation is 1. The van der Waals surface area contributed by atoms with Gasteiger partial charge in [0, 0.05) is 26.7 Å². The van der Waals surface area contributed by atoms with E-state index >= 15 is 0 Å². The van der Waals surface area contributed by atoms with Crippen LogP contribution in [0.5, 0.6) is 0 Å². The molecular weight excluding hydrogens is 456 g/mol. The zero-order valence-electron chi connectivity index (χ0n) is 20.6. The van der Waals surface area contributed by atoms with Crippen LogP contribution >= 0.6 is 0 Å². The number of nitrogens with zero attached hydrogens (tertiary/aromatic N) is 6. The predicted molar refractivity (Wildman–Crippen MR) is 126 cm³/mol. The Balaban J connectivity index is 1.93. The van der Waals surface area contributed by atoms with Gasteiger partial charge in [-0.1, -0.05) is 6.92 Å². The molecule has 2 amide bonds. The van der Waals surface area contributed by atoms with E-state index in [1.54, 1.807) is 32.3 Å². The number of anilines is 1. The number of carbonyl (C=O) groups is 2. The molecule has 12 heteroatoms. The van der Waals surface area contributed by atoms with Gasteiger partial charge in [-0.2, -0.15) is 15.0 Å². The number of furan rings is 1. The first-order chi connectivity index (χ1) is 16.9. The molecular formula is C23H30N6O6. The third-order valence-electron chi connectivity index (χ3n) is 5.99. The first-order valence-electron chi connectivity index (χ1n) is 11.6. The summed E-state index contributed by atoms with van der Waals surface area (Å²) in [6, 6.07) is 3.14. The first-order valence-corrected chi connectivity index (χ1v) is 11.6. The van der Waals surface area contributed by atoms with Gasteiger partial charge in [-0.05, 0) is 38.3 Å². The van der Waals surface area contributed by atoms with Crippen LogP contribution in [0.15, 0.2) is 22.7 Å². The third-order valence-corrected chi connectivity index (χ3v) is 5.99. The van der Waals surface area contributed by atoms with E-state index in [1.165, 1.54) is 23.9 Å². The van der Waals surface area contributed by atoms with Crippen molar-refractivity contribution < 1.29 is 28.3 Å². The molecule has 188 valence electrons. The normalized spacial score (nSPS) is 18.0. The van der Waals surface area contributed by atoms with E-state index in [-0.39, 0.29) is 30.2 Å². The first kappa shape index (κ1) is 24.6. The van der Waals surface area contributed by atoms with Crippen molar-refractivity contribution >= 4 is 28.8 Å². The van der Waals surface area contributed by atoms with Crippen molar-refractivity contribution in [1.29, 1.82) is 0 Å². The molecule has 0 radical (unpaired) electrons. The standard InChI is InChI=1S/C23H30N6O6/c1-6-15-12-14(10-11-34-15)29(23(31)33-7-2)20-19-18(35-21(20)22(30)27(3)32-5)9-8-16(25-19)17-13-24-28(4)26-17/h8-9,13-15H,6-7,10-12H2,1-5H3. The molecule has 0 aliphatic carbocycles. The molecule has 3 aromatic heterocycles. The summed E-state index contributed by atoms with van der Waals surface area (Å²) in [5.74, 6) is -0.629. The van der Waals surface area contributed by atoms with Gasteiger partial charge in [0.15, 0.2) is 5.58 Å². The van der Waals surface area contributed by atoms with Crippen molar-refractivity contribution in [3.05, 3.63) is 24.1 Å². The summed E-state index contributed by atoms with van der Waals surface area (Å²) in [6.45, 7) is 4.42. The lowest BCUT2D eigenvalue weighted by Gasteiger charge is -2.36. The van der Waals surface area contributed by atoms with Crippen molar-refractivity contribution in [1.82, 2.24) is 25.0 Å². The molecule has 3 aromatic rings. The molecule has 12 nitrogen and oxygen atoms in total. The van der Waals surface area contributed by atoms with Crippen LogP contribution in [0.1, 0.15) is 43.7 Å². The molecule has 1 saturated heterocycles. The minimum Gasteiger partial charge on any atom is -0.449 e. The van der Waals surface area contributed by atoms with E-state index in [0.29, 0.717) is 41.9 Å². The van der Waals surface area contributed by atoms with Crippen LogP contribution in [0.25, 0.3) is 22.5 Å². The van der Waals surface area contributed by atoms with Gasteiger partial charge in [-0.15, -0.1) is 0 Å². The summed E-state index contributed by atoms with van der Waals surface area (Å²) in [5.41, 5.74) is 1.99. The number of fused-ring (bicyclic) bond motifs is 1. The number of pyridine rings is 1. The Morgan fingerprint density at radius 2 is 2.06 bits per heavy atom. The average molecular weight is 487 g/mol. The highest BCUT2D eigenvalue weighted by atomic mass is 16.7. The molecule has 1 fully saturated rings. The molecule has 0 saturated carbocycles. The molecule has 4 heterocycles. The zero-order valence-corrected chi connectivity index (χ0v) is 20.6. The minimum atomic E-state index is -0.585. The number of rotatable bonds is 7. The van der Waals surface area contributed by atoms with Gasteiger partial charge in [0.1, 0.15) is 16.9 Å². The maximum absolute atomic E-state index is 13.4. The van der Waals surface area contributed by atoms with Gasteiger partial charge >= 0.3 is 12.0 Å². The van der Waals surface area contributed by atoms with E-state index in [4.69, 9.17) is 23.7 Å². The van der Waals surface area contributed by atoms with Crippen molar-refractivity contribution in [2.75, 3.05) is 32.3 Å². The van der Waals surface area contributed by atoms with E-state index in [1.807, 2.05) is 6.92 Å². The Labute approximate surface area is 202 Å². The minimum absolute atomic E-state index is 0.0206. The van der Waals surface area contributed by atoms with Crippen LogP contribution < -0.4 is 4.90 Å². The Hall–Kier alpha value is -3.51. The van der Waals surface area contributed by atoms with Crippen molar-refractivity contribution in [2.24, 2.45) is 7.05 Å². The van der Waals surface area contributed by atoms with Gasteiger partial charge < -0.3 is 13.9 Å². The highest BCUT2D eigenvalue weighted by Crippen LogP contribution is 2.38. The molecule has 1 aliphatic rings. The van der Waals surface area contributed by atoms with Crippen molar-refractivity contribution in [3.63, 3.8) is 0 Å². The lowest BCUT2D eigenvalue weighted by Crippen LogP contribution is -2.47. The average Bonchev–Trinajstić information content (AvgIpc) is 3.47. The highest BCUT2D eigenvalue weighted by molar-refractivity contribution is 6.09. The summed E-state index contributed by atoms with van der Waals surface area (Å²) in [6.07, 6.45) is 2.93. The smallest absolute Gasteiger partial charge is 0.414 e. The summed E-state index contributed by atoms with van der Waals surface area (Å²) in [7, 11) is 4.55. The number of hydrogen-bond donors (Lipinski definition) is 0. The number of carbonyl (C=O) groups excluding carboxylic acids is 2. The van der Waals surface area contributed by atoms with E-state index in [0.717, 1.165) is 11.5 Å². The third kappa shape index (κ3) is 4.84. The second-order valence-corrected chi connectivity index (χ2v) is 8.18. The summed E-state index contributed by atoms with van der Waals surface area (Å²) < 4.78 is 17.2. The SMILES string of the molecule is CCOC(=O)N(c1c(C(=O)N(C)OC)oc2ccc(-c3cnn(C)n3)nc12)C1CCOC(CC)C1. The lowest BCUT2D eigenvalue weighted by molar-refractivity contribution is -0.0772. The second kappa shape index (κ2) is 10.4. The monoisotopic (exact) mass is 486 g/mol. The number of hydroxylamine groups is 2. The van der Waals surface area contributed by atoms with E-state index < -0.39 is 12.0 Å². The summed E-state index contributed by atoms with van der Waals surface area (Å²) in [4.78, 5) is 39.4. The van der Waals surface area contributed by atoms with Gasteiger partial charge in [-0.3, -0.25) is 14.5 Å². The molecule has 0 aromatic carbocycles. The van der Waals surface area contributed by atoms with Gasteiger partial charge in [0.2, 0.25) is 5.76 Å². The Morgan fingerprint density at radius 3 is 2.71 bits per heavy atom. The fourth-order valence-corrected chi connectivity index (χ4v) is 4.16. The molecule has 2 atom stereocenters. The van der Waals surface area contributed by atoms with Gasteiger partial charge in [0.25, 0.3) is 0 Å². The number of aromatic nitrogens is 4. The van der Waals surface area contributed by atoms with Crippen LogP contribution in [0.4, 0.5) is 10.5 Å². The van der Waals surface area contributed by atoms with Gasteiger partial charge in [0.05, 0.1) is 31.7 Å². The molecule has 0 N–H and O–H groups in total. The topological polar surface area (TPSA) is 125 Å². The maximum Gasteiger partial charge on any atom is 0.414 e. The molecule has 2 unspecified atom stereocenters. The maximum atomic E-state index is 13.4. The van der Waals surface area contributed by atoms with E-state index in [2.05, 4.69) is 10.2 Å². The number of amides is 2. The molecule has 1 aliphatic heterocycles. The van der Waals surface area contributed by atoms with Crippen LogP contribution in [-0.4, -0.2) is 76.6 Å². The quantitative estimate of drug-likeness (QED) is 0.463. The highest BCUT2D eigenvalue weighted by Gasteiger charge is 2.38. The Kier molecular flexibility index (Phi) is 7.31.